The van der Waals surface area contributed by atoms with Crippen molar-refractivity contribution < 1.29 is 9.53 Å². The number of imidazole rings is 1. The Labute approximate surface area is 148 Å². The van der Waals surface area contributed by atoms with Gasteiger partial charge in [0.1, 0.15) is 0 Å². The first kappa shape index (κ1) is 17.3. The predicted octanol–water partition coefficient (Wildman–Crippen LogP) is 2.32. The molecule has 2 atom stereocenters. The van der Waals surface area contributed by atoms with E-state index in [1.54, 1.807) is 12.5 Å². The molecule has 0 radical (unpaired) electrons. The Hall–Kier alpha value is -2.54. The molecule has 7 nitrogen and oxygen atoms in total. The molecule has 0 spiro atoms. The first-order chi connectivity index (χ1) is 12.1. The van der Waals surface area contributed by atoms with Gasteiger partial charge in [-0.15, -0.1) is 0 Å². The molecular formula is C18H25N5O2. The number of aromatic nitrogens is 2. The summed E-state index contributed by atoms with van der Waals surface area (Å²) in [7, 11) is 0. The van der Waals surface area contributed by atoms with E-state index >= 15 is 0 Å². The van der Waals surface area contributed by atoms with Crippen molar-refractivity contribution in [2.24, 2.45) is 0 Å². The number of hydrogen-bond acceptors (Lipinski definition) is 4. The molecule has 3 rings (SSSR count). The summed E-state index contributed by atoms with van der Waals surface area (Å²) in [6.45, 7) is 7.18. The van der Waals surface area contributed by atoms with Crippen molar-refractivity contribution in [1.29, 1.82) is 0 Å². The SMILES string of the molecule is CC1CN(c2ccc(NC(=O)NCCn3ccnc3)cc2)CC(C)O1. The van der Waals surface area contributed by atoms with E-state index < -0.39 is 0 Å². The molecule has 0 bridgehead atoms. The van der Waals surface area contributed by atoms with Crippen LogP contribution in [0.15, 0.2) is 43.0 Å². The van der Waals surface area contributed by atoms with E-state index in [1.807, 2.05) is 35.0 Å². The minimum Gasteiger partial charge on any atom is -0.372 e. The number of nitrogens with one attached hydrogen (secondary N) is 2. The van der Waals surface area contributed by atoms with Crippen molar-refractivity contribution >= 4 is 17.4 Å². The smallest absolute Gasteiger partial charge is 0.319 e. The van der Waals surface area contributed by atoms with Gasteiger partial charge < -0.3 is 24.8 Å². The predicted molar refractivity (Wildman–Crippen MR) is 97.9 cm³/mol. The van der Waals surface area contributed by atoms with Crippen molar-refractivity contribution in [3.05, 3.63) is 43.0 Å². The summed E-state index contributed by atoms with van der Waals surface area (Å²) in [5.74, 6) is 0. The second-order valence-electron chi connectivity index (χ2n) is 6.39. The molecule has 2 amide bonds. The number of benzene rings is 1. The van der Waals surface area contributed by atoms with Crippen molar-refractivity contribution in [2.75, 3.05) is 29.9 Å². The molecule has 134 valence electrons. The summed E-state index contributed by atoms with van der Waals surface area (Å²) >= 11 is 0. The fourth-order valence-corrected chi connectivity index (χ4v) is 3.04. The van der Waals surface area contributed by atoms with Gasteiger partial charge in [0.15, 0.2) is 0 Å². The number of ether oxygens (including phenoxy) is 1. The van der Waals surface area contributed by atoms with E-state index in [0.717, 1.165) is 24.5 Å². The lowest BCUT2D eigenvalue weighted by Crippen LogP contribution is -2.45. The van der Waals surface area contributed by atoms with Crippen molar-refractivity contribution in [3.63, 3.8) is 0 Å². The first-order valence-corrected chi connectivity index (χ1v) is 8.61. The summed E-state index contributed by atoms with van der Waals surface area (Å²) in [4.78, 5) is 18.2. The van der Waals surface area contributed by atoms with E-state index in [1.165, 1.54) is 0 Å². The number of amides is 2. The molecule has 2 heterocycles. The zero-order chi connectivity index (χ0) is 17.6. The third-order valence-corrected chi connectivity index (χ3v) is 4.12. The standard InChI is InChI=1S/C18H25N5O2/c1-14-11-23(12-15(2)25-14)17-5-3-16(4-6-17)21-18(24)20-8-10-22-9-7-19-13-22/h3-7,9,13-15H,8,10-12H2,1-2H3,(H2,20,21,24). The van der Waals surface area contributed by atoms with Gasteiger partial charge in [0, 0.05) is 49.9 Å². The van der Waals surface area contributed by atoms with Crippen molar-refractivity contribution in [1.82, 2.24) is 14.9 Å². The number of hydrogen-bond donors (Lipinski definition) is 2. The number of morpholine rings is 1. The number of carbonyl (C=O) groups is 1. The van der Waals surface area contributed by atoms with Gasteiger partial charge in [-0.05, 0) is 38.1 Å². The molecule has 7 heteroatoms. The number of anilines is 2. The molecule has 2 unspecified atom stereocenters. The summed E-state index contributed by atoms with van der Waals surface area (Å²) in [5.41, 5.74) is 1.92. The van der Waals surface area contributed by atoms with Gasteiger partial charge in [-0.25, -0.2) is 9.78 Å². The van der Waals surface area contributed by atoms with Gasteiger partial charge in [0.05, 0.1) is 18.5 Å². The van der Waals surface area contributed by atoms with Gasteiger partial charge in [-0.1, -0.05) is 0 Å². The fraction of sp³-hybridized carbons (Fsp3) is 0.444. The Morgan fingerprint density at radius 1 is 1.24 bits per heavy atom. The van der Waals surface area contributed by atoms with Crippen LogP contribution in [0.3, 0.4) is 0 Å². The lowest BCUT2D eigenvalue weighted by Gasteiger charge is -2.36. The third-order valence-electron chi connectivity index (χ3n) is 4.12. The fourth-order valence-electron chi connectivity index (χ4n) is 3.04. The van der Waals surface area contributed by atoms with Crippen LogP contribution in [0.5, 0.6) is 0 Å². The summed E-state index contributed by atoms with van der Waals surface area (Å²) < 4.78 is 7.68. The summed E-state index contributed by atoms with van der Waals surface area (Å²) in [5, 5.41) is 5.68. The van der Waals surface area contributed by atoms with E-state index in [2.05, 4.69) is 34.4 Å². The van der Waals surface area contributed by atoms with E-state index in [-0.39, 0.29) is 18.2 Å². The van der Waals surface area contributed by atoms with Gasteiger partial charge in [-0.2, -0.15) is 0 Å². The Kier molecular flexibility index (Phi) is 5.55. The summed E-state index contributed by atoms with van der Waals surface area (Å²) in [6, 6.07) is 7.71. The highest BCUT2D eigenvalue weighted by molar-refractivity contribution is 5.89. The third kappa shape index (κ3) is 4.96. The average Bonchev–Trinajstić information content (AvgIpc) is 3.08. The Morgan fingerprint density at radius 2 is 1.96 bits per heavy atom. The second kappa shape index (κ2) is 8.02. The zero-order valence-corrected chi connectivity index (χ0v) is 14.7. The molecule has 1 saturated heterocycles. The minimum atomic E-state index is -0.207. The first-order valence-electron chi connectivity index (χ1n) is 8.61. The van der Waals surface area contributed by atoms with Crippen LogP contribution >= 0.6 is 0 Å². The molecule has 0 aliphatic carbocycles. The monoisotopic (exact) mass is 343 g/mol. The highest BCUT2D eigenvalue weighted by Crippen LogP contribution is 2.22. The summed E-state index contributed by atoms with van der Waals surface area (Å²) in [6.07, 6.45) is 5.76. The average molecular weight is 343 g/mol. The largest absolute Gasteiger partial charge is 0.372 e. The molecule has 1 aromatic carbocycles. The van der Waals surface area contributed by atoms with Crippen LogP contribution in [0, 0.1) is 0 Å². The maximum atomic E-state index is 11.9. The van der Waals surface area contributed by atoms with Crippen molar-refractivity contribution in [2.45, 2.75) is 32.6 Å². The van der Waals surface area contributed by atoms with Crippen LogP contribution in [0.1, 0.15) is 13.8 Å². The highest BCUT2D eigenvalue weighted by atomic mass is 16.5. The number of carbonyl (C=O) groups excluding carboxylic acids is 1. The highest BCUT2D eigenvalue weighted by Gasteiger charge is 2.22. The number of nitrogens with zero attached hydrogens (tertiary/aromatic N) is 3. The van der Waals surface area contributed by atoms with Gasteiger partial charge in [-0.3, -0.25) is 0 Å². The Bertz CT molecular complexity index is 661. The molecule has 1 aliphatic rings. The Morgan fingerprint density at radius 3 is 2.60 bits per heavy atom. The van der Waals surface area contributed by atoms with Crippen LogP contribution < -0.4 is 15.5 Å². The van der Waals surface area contributed by atoms with Crippen LogP contribution in [-0.2, 0) is 11.3 Å². The topological polar surface area (TPSA) is 71.4 Å². The molecule has 0 saturated carbocycles. The molecule has 2 N–H and O–H groups in total. The maximum absolute atomic E-state index is 11.9. The van der Waals surface area contributed by atoms with Gasteiger partial charge >= 0.3 is 6.03 Å². The Balaban J connectivity index is 1.47. The van der Waals surface area contributed by atoms with Crippen molar-refractivity contribution in [3.8, 4) is 0 Å². The van der Waals surface area contributed by atoms with Gasteiger partial charge in [0.2, 0.25) is 0 Å². The normalized spacial score (nSPS) is 20.3. The molecule has 1 aromatic heterocycles. The van der Waals surface area contributed by atoms with Crippen LogP contribution in [0.4, 0.5) is 16.2 Å². The van der Waals surface area contributed by atoms with Crippen LogP contribution in [0.25, 0.3) is 0 Å². The maximum Gasteiger partial charge on any atom is 0.319 e. The van der Waals surface area contributed by atoms with E-state index in [0.29, 0.717) is 13.1 Å². The quantitative estimate of drug-likeness (QED) is 0.874. The molecule has 2 aromatic rings. The second-order valence-corrected chi connectivity index (χ2v) is 6.39. The lowest BCUT2D eigenvalue weighted by molar-refractivity contribution is -0.00521. The lowest BCUT2D eigenvalue weighted by atomic mass is 10.2. The molecule has 1 fully saturated rings. The zero-order valence-electron chi connectivity index (χ0n) is 14.7. The van der Waals surface area contributed by atoms with E-state index in [9.17, 15) is 4.79 Å². The van der Waals surface area contributed by atoms with Crippen LogP contribution in [-0.4, -0.2) is 47.4 Å². The molecule has 1 aliphatic heterocycles. The van der Waals surface area contributed by atoms with Crippen LogP contribution in [0.2, 0.25) is 0 Å². The minimum absolute atomic E-state index is 0.207. The number of rotatable bonds is 5. The molecular weight excluding hydrogens is 318 g/mol. The van der Waals surface area contributed by atoms with Gasteiger partial charge in [0.25, 0.3) is 0 Å². The van der Waals surface area contributed by atoms with E-state index in [4.69, 9.17) is 4.74 Å². The molecule has 25 heavy (non-hydrogen) atoms. The number of urea groups is 1.